The molecule has 8 nitrogen and oxygen atoms in total. The summed E-state index contributed by atoms with van der Waals surface area (Å²) in [5.74, 6) is 0.903. The highest BCUT2D eigenvalue weighted by Crippen LogP contribution is 2.16. The van der Waals surface area contributed by atoms with Crippen LogP contribution < -0.4 is 15.5 Å². The van der Waals surface area contributed by atoms with Gasteiger partial charge in [-0.05, 0) is 44.9 Å². The number of carbonyl (C=O) groups is 1. The maximum atomic E-state index is 12.3. The predicted molar refractivity (Wildman–Crippen MR) is 105 cm³/mol. The number of aromatic nitrogens is 3. The van der Waals surface area contributed by atoms with Gasteiger partial charge in [0, 0.05) is 31.9 Å². The molecule has 3 heterocycles. The van der Waals surface area contributed by atoms with Gasteiger partial charge in [0.05, 0.1) is 30.8 Å². The van der Waals surface area contributed by atoms with Crippen molar-refractivity contribution in [1.29, 1.82) is 0 Å². The van der Waals surface area contributed by atoms with E-state index in [1.807, 2.05) is 44.6 Å². The molecule has 1 aliphatic heterocycles. The lowest BCUT2D eigenvalue weighted by Crippen LogP contribution is -2.38. The van der Waals surface area contributed by atoms with Crippen molar-refractivity contribution in [2.24, 2.45) is 7.05 Å². The van der Waals surface area contributed by atoms with Crippen LogP contribution in [0.2, 0.25) is 0 Å². The number of hydrogen-bond acceptors (Lipinski definition) is 5. The fraction of sp³-hybridized carbons (Fsp3) is 0.526. The Kier molecular flexibility index (Phi) is 5.95. The number of morpholine rings is 1. The van der Waals surface area contributed by atoms with E-state index < -0.39 is 0 Å². The van der Waals surface area contributed by atoms with E-state index in [9.17, 15) is 4.79 Å². The SMILES string of the molecule is Cc1nn(C)c(C)c1CC(C)NC(=O)Nc1ccc(N2CCOCC2)nc1. The third-order valence-corrected chi connectivity index (χ3v) is 4.89. The monoisotopic (exact) mass is 372 g/mol. The zero-order chi connectivity index (χ0) is 19.4. The van der Waals surface area contributed by atoms with Gasteiger partial charge < -0.3 is 20.3 Å². The lowest BCUT2D eigenvalue weighted by Gasteiger charge is -2.27. The molecule has 0 bridgehead atoms. The summed E-state index contributed by atoms with van der Waals surface area (Å²) in [4.78, 5) is 18.9. The Morgan fingerprint density at radius 2 is 2.04 bits per heavy atom. The second kappa shape index (κ2) is 8.39. The molecule has 1 aliphatic rings. The molecule has 1 unspecified atom stereocenters. The Labute approximate surface area is 159 Å². The Morgan fingerprint density at radius 1 is 1.30 bits per heavy atom. The van der Waals surface area contributed by atoms with E-state index in [1.165, 1.54) is 5.56 Å². The van der Waals surface area contributed by atoms with Gasteiger partial charge >= 0.3 is 6.03 Å². The van der Waals surface area contributed by atoms with Crippen LogP contribution in [-0.2, 0) is 18.2 Å². The van der Waals surface area contributed by atoms with E-state index in [0.717, 1.165) is 49.9 Å². The second-order valence-electron chi connectivity index (χ2n) is 6.98. The van der Waals surface area contributed by atoms with Crippen LogP contribution in [0, 0.1) is 13.8 Å². The number of aryl methyl sites for hydroxylation is 2. The topological polar surface area (TPSA) is 84.3 Å². The average Bonchev–Trinajstić information content (AvgIpc) is 2.89. The molecule has 2 aromatic heterocycles. The van der Waals surface area contributed by atoms with Crippen molar-refractivity contribution in [2.45, 2.75) is 33.2 Å². The van der Waals surface area contributed by atoms with Crippen LogP contribution >= 0.6 is 0 Å². The number of amides is 2. The number of pyridine rings is 1. The van der Waals surface area contributed by atoms with E-state index in [-0.39, 0.29) is 12.1 Å². The zero-order valence-corrected chi connectivity index (χ0v) is 16.5. The summed E-state index contributed by atoms with van der Waals surface area (Å²) in [5.41, 5.74) is 3.99. The van der Waals surface area contributed by atoms with Gasteiger partial charge in [0.15, 0.2) is 0 Å². The number of rotatable bonds is 5. The molecule has 27 heavy (non-hydrogen) atoms. The van der Waals surface area contributed by atoms with Gasteiger partial charge in [0.1, 0.15) is 5.82 Å². The molecular formula is C19H28N6O2. The van der Waals surface area contributed by atoms with Gasteiger partial charge in [-0.1, -0.05) is 0 Å². The molecule has 0 aliphatic carbocycles. The highest BCUT2D eigenvalue weighted by Gasteiger charge is 2.15. The summed E-state index contributed by atoms with van der Waals surface area (Å²) < 4.78 is 7.23. The molecule has 0 radical (unpaired) electrons. The molecular weight excluding hydrogens is 344 g/mol. The van der Waals surface area contributed by atoms with Crippen molar-refractivity contribution in [3.8, 4) is 0 Å². The van der Waals surface area contributed by atoms with Crippen LogP contribution in [0.25, 0.3) is 0 Å². The highest BCUT2D eigenvalue weighted by molar-refractivity contribution is 5.89. The van der Waals surface area contributed by atoms with Crippen molar-refractivity contribution < 1.29 is 9.53 Å². The van der Waals surface area contributed by atoms with Crippen LogP contribution in [0.3, 0.4) is 0 Å². The minimum absolute atomic E-state index is 0.00724. The minimum Gasteiger partial charge on any atom is -0.378 e. The Morgan fingerprint density at radius 3 is 2.63 bits per heavy atom. The van der Waals surface area contributed by atoms with Crippen LogP contribution in [-0.4, -0.2) is 53.1 Å². The number of urea groups is 1. The lowest BCUT2D eigenvalue weighted by molar-refractivity contribution is 0.122. The van der Waals surface area contributed by atoms with Crippen molar-refractivity contribution in [3.63, 3.8) is 0 Å². The number of anilines is 2. The van der Waals surface area contributed by atoms with Crippen molar-refractivity contribution >= 4 is 17.5 Å². The van der Waals surface area contributed by atoms with E-state index >= 15 is 0 Å². The number of hydrogen-bond donors (Lipinski definition) is 2. The summed E-state index contributed by atoms with van der Waals surface area (Å²) in [6.45, 7) is 9.15. The fourth-order valence-corrected chi connectivity index (χ4v) is 3.30. The number of ether oxygens (including phenoxy) is 1. The van der Waals surface area contributed by atoms with Crippen molar-refractivity contribution in [1.82, 2.24) is 20.1 Å². The van der Waals surface area contributed by atoms with Gasteiger partial charge in [-0.25, -0.2) is 9.78 Å². The summed E-state index contributed by atoms with van der Waals surface area (Å²) in [5, 5.41) is 10.2. The number of nitrogens with zero attached hydrogens (tertiary/aromatic N) is 4. The number of nitrogens with one attached hydrogen (secondary N) is 2. The van der Waals surface area contributed by atoms with E-state index in [0.29, 0.717) is 5.69 Å². The quantitative estimate of drug-likeness (QED) is 0.839. The number of carbonyl (C=O) groups excluding carboxylic acids is 1. The average molecular weight is 372 g/mol. The maximum absolute atomic E-state index is 12.3. The van der Waals surface area contributed by atoms with Gasteiger partial charge in [-0.2, -0.15) is 5.10 Å². The molecule has 2 amide bonds. The predicted octanol–water partition coefficient (Wildman–Crippen LogP) is 2.02. The lowest BCUT2D eigenvalue weighted by atomic mass is 10.1. The molecule has 0 aromatic carbocycles. The molecule has 1 atom stereocenters. The molecule has 3 rings (SSSR count). The maximum Gasteiger partial charge on any atom is 0.319 e. The Bertz CT molecular complexity index is 780. The van der Waals surface area contributed by atoms with Crippen LogP contribution in [0.1, 0.15) is 23.9 Å². The van der Waals surface area contributed by atoms with E-state index in [4.69, 9.17) is 4.74 Å². The molecule has 1 saturated heterocycles. The Hall–Kier alpha value is -2.61. The van der Waals surface area contributed by atoms with Crippen molar-refractivity contribution in [2.75, 3.05) is 36.5 Å². The van der Waals surface area contributed by atoms with Crippen LogP contribution in [0.5, 0.6) is 0 Å². The highest BCUT2D eigenvalue weighted by atomic mass is 16.5. The molecule has 0 saturated carbocycles. The molecule has 2 N–H and O–H groups in total. The van der Waals surface area contributed by atoms with Gasteiger partial charge in [0.25, 0.3) is 0 Å². The third-order valence-electron chi connectivity index (χ3n) is 4.89. The first-order valence-corrected chi connectivity index (χ1v) is 9.29. The second-order valence-corrected chi connectivity index (χ2v) is 6.98. The first-order chi connectivity index (χ1) is 12.9. The van der Waals surface area contributed by atoms with Crippen LogP contribution in [0.15, 0.2) is 18.3 Å². The zero-order valence-electron chi connectivity index (χ0n) is 16.5. The summed E-state index contributed by atoms with van der Waals surface area (Å²) in [6.07, 6.45) is 2.43. The van der Waals surface area contributed by atoms with E-state index in [2.05, 4.69) is 25.6 Å². The molecule has 0 spiro atoms. The third kappa shape index (κ3) is 4.77. The standard InChI is InChI=1S/C19H28N6O2/c1-13(11-17-14(2)23-24(4)15(17)3)21-19(26)22-16-5-6-18(20-12-16)25-7-9-27-10-8-25/h5-6,12-13H,7-11H2,1-4H3,(H2,21,22,26). The van der Waals surface area contributed by atoms with Gasteiger partial charge in [0.2, 0.25) is 0 Å². The first-order valence-electron chi connectivity index (χ1n) is 9.29. The minimum atomic E-state index is -0.234. The summed E-state index contributed by atoms with van der Waals surface area (Å²) >= 11 is 0. The summed E-state index contributed by atoms with van der Waals surface area (Å²) in [7, 11) is 1.93. The van der Waals surface area contributed by atoms with Crippen molar-refractivity contribution in [3.05, 3.63) is 35.3 Å². The fourth-order valence-electron chi connectivity index (χ4n) is 3.30. The van der Waals surface area contributed by atoms with Gasteiger partial charge in [-0.3, -0.25) is 4.68 Å². The van der Waals surface area contributed by atoms with Gasteiger partial charge in [-0.15, -0.1) is 0 Å². The Balaban J connectivity index is 1.52. The summed E-state index contributed by atoms with van der Waals surface area (Å²) in [6, 6.07) is 3.55. The van der Waals surface area contributed by atoms with E-state index in [1.54, 1.807) is 6.20 Å². The first kappa shape index (κ1) is 19.2. The molecule has 2 aromatic rings. The molecule has 1 fully saturated rings. The van der Waals surface area contributed by atoms with Crippen LogP contribution in [0.4, 0.5) is 16.3 Å². The molecule has 146 valence electrons. The molecule has 8 heteroatoms. The smallest absolute Gasteiger partial charge is 0.319 e. The largest absolute Gasteiger partial charge is 0.378 e. The normalized spacial score (nSPS) is 15.5.